The van der Waals surface area contributed by atoms with Gasteiger partial charge >= 0.3 is 0 Å². The highest BCUT2D eigenvalue weighted by molar-refractivity contribution is 5.77. The molecule has 8 heteroatoms. The lowest BCUT2D eigenvalue weighted by molar-refractivity contribution is -0.135. The molecule has 28 heavy (non-hydrogen) atoms. The van der Waals surface area contributed by atoms with Gasteiger partial charge in [0.25, 0.3) is 5.91 Å². The van der Waals surface area contributed by atoms with E-state index in [1.807, 2.05) is 65.6 Å². The van der Waals surface area contributed by atoms with E-state index in [2.05, 4.69) is 20.4 Å². The van der Waals surface area contributed by atoms with Gasteiger partial charge in [0.15, 0.2) is 12.4 Å². The monoisotopic (exact) mass is 378 g/mol. The lowest BCUT2D eigenvalue weighted by Crippen LogP contribution is -2.49. The van der Waals surface area contributed by atoms with Crippen LogP contribution in [0.5, 0.6) is 5.75 Å². The van der Waals surface area contributed by atoms with E-state index >= 15 is 0 Å². The highest BCUT2D eigenvalue weighted by Crippen LogP contribution is 2.12. The molecule has 8 nitrogen and oxygen atoms in total. The maximum Gasteiger partial charge on any atom is 0.260 e. The van der Waals surface area contributed by atoms with Crippen molar-refractivity contribution < 1.29 is 9.53 Å². The summed E-state index contributed by atoms with van der Waals surface area (Å²) in [5.41, 5.74) is 0.939. The highest BCUT2D eigenvalue weighted by atomic mass is 16.5. The Morgan fingerprint density at radius 3 is 2.32 bits per heavy atom. The first kappa shape index (κ1) is 18.1. The van der Waals surface area contributed by atoms with Crippen molar-refractivity contribution in [3.8, 4) is 11.4 Å². The van der Waals surface area contributed by atoms with Crippen LogP contribution in [0.25, 0.3) is 5.69 Å². The molecule has 2 aromatic carbocycles. The molecule has 0 bridgehead atoms. The quantitative estimate of drug-likeness (QED) is 0.645. The molecule has 2 heterocycles. The van der Waals surface area contributed by atoms with Gasteiger partial charge < -0.3 is 9.64 Å². The van der Waals surface area contributed by atoms with Crippen molar-refractivity contribution in [1.82, 2.24) is 30.0 Å². The molecule has 1 fully saturated rings. The van der Waals surface area contributed by atoms with Gasteiger partial charge in [-0.2, -0.15) is 4.68 Å². The van der Waals surface area contributed by atoms with Crippen molar-refractivity contribution in [1.29, 1.82) is 0 Å². The molecule has 1 amide bonds. The molecule has 0 aliphatic carbocycles. The SMILES string of the molecule is O=C(COc1ccccc1)N1CCN(Cc2nnnn2-c2ccccc2)CC1. The van der Waals surface area contributed by atoms with Crippen LogP contribution >= 0.6 is 0 Å². The van der Waals surface area contributed by atoms with Crippen molar-refractivity contribution in [2.45, 2.75) is 6.54 Å². The first-order chi connectivity index (χ1) is 13.8. The molecular weight excluding hydrogens is 356 g/mol. The first-order valence-corrected chi connectivity index (χ1v) is 9.30. The number of nitrogens with zero attached hydrogens (tertiary/aromatic N) is 6. The summed E-state index contributed by atoms with van der Waals surface area (Å²) in [5, 5.41) is 12.1. The van der Waals surface area contributed by atoms with Gasteiger partial charge in [-0.1, -0.05) is 36.4 Å². The fourth-order valence-electron chi connectivity index (χ4n) is 3.18. The minimum atomic E-state index is 0.0117. The Kier molecular flexibility index (Phi) is 5.58. The fourth-order valence-corrected chi connectivity index (χ4v) is 3.18. The topological polar surface area (TPSA) is 76.4 Å². The number of tetrazole rings is 1. The van der Waals surface area contributed by atoms with Crippen LogP contribution in [0.15, 0.2) is 60.7 Å². The van der Waals surface area contributed by atoms with Crippen LogP contribution in [-0.4, -0.2) is 68.7 Å². The third-order valence-corrected chi connectivity index (χ3v) is 4.73. The maximum atomic E-state index is 12.4. The summed E-state index contributed by atoms with van der Waals surface area (Å²) in [6.45, 7) is 3.60. The average molecular weight is 378 g/mol. The molecule has 1 aliphatic rings. The van der Waals surface area contributed by atoms with E-state index in [9.17, 15) is 4.79 Å². The van der Waals surface area contributed by atoms with Crippen molar-refractivity contribution in [3.05, 3.63) is 66.5 Å². The number of ether oxygens (including phenoxy) is 1. The lowest BCUT2D eigenvalue weighted by Gasteiger charge is -2.34. The molecule has 0 radical (unpaired) electrons. The molecule has 3 aromatic rings. The average Bonchev–Trinajstić information content (AvgIpc) is 3.22. The molecule has 0 unspecified atom stereocenters. The van der Waals surface area contributed by atoms with Gasteiger partial charge in [-0.25, -0.2) is 0 Å². The third kappa shape index (κ3) is 4.34. The van der Waals surface area contributed by atoms with Crippen LogP contribution in [0.1, 0.15) is 5.82 Å². The van der Waals surface area contributed by atoms with Crippen LogP contribution in [0, 0.1) is 0 Å². The molecule has 1 aliphatic heterocycles. The standard InChI is InChI=1S/C20H22N6O2/c27-20(16-28-18-9-5-2-6-10-18)25-13-11-24(12-14-25)15-19-21-22-23-26(19)17-7-3-1-4-8-17/h1-10H,11-16H2. The van der Waals surface area contributed by atoms with E-state index in [-0.39, 0.29) is 12.5 Å². The van der Waals surface area contributed by atoms with Crippen LogP contribution in [0.4, 0.5) is 0 Å². The van der Waals surface area contributed by atoms with Crippen LogP contribution < -0.4 is 4.74 Å². The smallest absolute Gasteiger partial charge is 0.260 e. The van der Waals surface area contributed by atoms with E-state index in [4.69, 9.17) is 4.74 Å². The number of carbonyl (C=O) groups excluding carboxylic acids is 1. The van der Waals surface area contributed by atoms with Crippen molar-refractivity contribution in [2.75, 3.05) is 32.8 Å². The fraction of sp³-hybridized carbons (Fsp3) is 0.300. The Morgan fingerprint density at radius 2 is 1.61 bits per heavy atom. The summed E-state index contributed by atoms with van der Waals surface area (Å²) < 4.78 is 7.32. The second-order valence-electron chi connectivity index (χ2n) is 6.60. The second-order valence-corrected chi connectivity index (χ2v) is 6.60. The largest absolute Gasteiger partial charge is 0.484 e. The molecule has 0 saturated carbocycles. The zero-order valence-electron chi connectivity index (χ0n) is 15.5. The van der Waals surface area contributed by atoms with Crippen molar-refractivity contribution in [2.24, 2.45) is 0 Å². The van der Waals surface area contributed by atoms with Gasteiger partial charge in [0.2, 0.25) is 0 Å². The number of para-hydroxylation sites is 2. The van der Waals surface area contributed by atoms with Gasteiger partial charge in [-0.3, -0.25) is 9.69 Å². The van der Waals surface area contributed by atoms with E-state index in [0.717, 1.165) is 24.6 Å². The van der Waals surface area contributed by atoms with Crippen LogP contribution in [0.3, 0.4) is 0 Å². The number of rotatable bonds is 6. The van der Waals surface area contributed by atoms with Gasteiger partial charge in [0, 0.05) is 26.2 Å². The van der Waals surface area contributed by atoms with Crippen LogP contribution in [0.2, 0.25) is 0 Å². The van der Waals surface area contributed by atoms with Crippen molar-refractivity contribution >= 4 is 5.91 Å². The Bertz CT molecular complexity index is 891. The molecule has 4 rings (SSSR count). The molecule has 144 valence electrons. The maximum absolute atomic E-state index is 12.4. The number of amides is 1. The Morgan fingerprint density at radius 1 is 0.929 bits per heavy atom. The summed E-state index contributed by atoms with van der Waals surface area (Å²) in [6.07, 6.45) is 0. The second kappa shape index (κ2) is 8.62. The summed E-state index contributed by atoms with van der Waals surface area (Å²) in [7, 11) is 0. The van der Waals surface area contributed by atoms with E-state index < -0.39 is 0 Å². The number of hydrogen-bond donors (Lipinski definition) is 0. The van der Waals surface area contributed by atoms with Crippen LogP contribution in [-0.2, 0) is 11.3 Å². The summed E-state index contributed by atoms with van der Waals surface area (Å²) >= 11 is 0. The predicted molar refractivity (Wildman–Crippen MR) is 103 cm³/mol. The zero-order valence-corrected chi connectivity index (χ0v) is 15.5. The molecule has 1 aromatic heterocycles. The first-order valence-electron chi connectivity index (χ1n) is 9.30. The van der Waals surface area contributed by atoms with E-state index in [1.54, 1.807) is 4.68 Å². The Labute approximate surface area is 163 Å². The van der Waals surface area contributed by atoms with Gasteiger partial charge in [0.1, 0.15) is 5.75 Å². The summed E-state index contributed by atoms with van der Waals surface area (Å²) in [4.78, 5) is 16.5. The highest BCUT2D eigenvalue weighted by Gasteiger charge is 2.23. The van der Waals surface area contributed by atoms with E-state index in [1.165, 1.54) is 0 Å². The third-order valence-electron chi connectivity index (χ3n) is 4.73. The van der Waals surface area contributed by atoms with E-state index in [0.29, 0.717) is 25.4 Å². The zero-order chi connectivity index (χ0) is 19.2. The van der Waals surface area contributed by atoms with Gasteiger partial charge in [-0.05, 0) is 34.7 Å². The molecule has 0 atom stereocenters. The molecule has 0 spiro atoms. The summed E-state index contributed by atoms with van der Waals surface area (Å²) in [5.74, 6) is 1.51. The minimum absolute atomic E-state index is 0.0117. The Hall–Kier alpha value is -3.26. The summed E-state index contributed by atoms with van der Waals surface area (Å²) in [6, 6.07) is 19.2. The number of piperazine rings is 1. The number of benzene rings is 2. The van der Waals surface area contributed by atoms with Gasteiger partial charge in [0.05, 0.1) is 12.2 Å². The number of aromatic nitrogens is 4. The lowest BCUT2D eigenvalue weighted by atomic mass is 10.3. The van der Waals surface area contributed by atoms with Gasteiger partial charge in [-0.15, -0.1) is 5.10 Å². The molecule has 0 N–H and O–H groups in total. The normalized spacial score (nSPS) is 14.8. The van der Waals surface area contributed by atoms with Crippen molar-refractivity contribution in [3.63, 3.8) is 0 Å². The molecule has 1 saturated heterocycles. The molecular formula is C20H22N6O2. The number of hydrogen-bond acceptors (Lipinski definition) is 6. The number of carbonyl (C=O) groups is 1. The predicted octanol–water partition coefficient (Wildman–Crippen LogP) is 1.39. The Balaban J connectivity index is 1.28. The minimum Gasteiger partial charge on any atom is -0.484 e.